The van der Waals surface area contributed by atoms with E-state index in [1.807, 2.05) is 20.8 Å². The van der Waals surface area contributed by atoms with Crippen molar-refractivity contribution < 1.29 is 32.4 Å². The number of allylic oxidation sites excluding steroid dienone is 1. The van der Waals surface area contributed by atoms with Crippen molar-refractivity contribution in [2.24, 2.45) is 29.1 Å². The molecule has 6 atom stereocenters. The first kappa shape index (κ1) is 40.4. The zero-order chi connectivity index (χ0) is 36.5. The molecule has 0 aromatic carbocycles. The highest BCUT2D eigenvalue weighted by Crippen LogP contribution is 2.44. The Hall–Kier alpha value is -3.04. The van der Waals surface area contributed by atoms with E-state index < -0.39 is 57.1 Å². The van der Waals surface area contributed by atoms with Crippen LogP contribution in [0.4, 0.5) is 4.79 Å². The molecule has 0 radical (unpaired) electrons. The predicted molar refractivity (Wildman–Crippen MR) is 190 cm³/mol. The molecule has 49 heavy (non-hydrogen) atoms. The van der Waals surface area contributed by atoms with Crippen molar-refractivity contribution in [3.8, 4) is 12.3 Å². The van der Waals surface area contributed by atoms with Crippen molar-refractivity contribution in [2.45, 2.75) is 122 Å². The summed E-state index contributed by atoms with van der Waals surface area (Å²) in [6.07, 6.45) is 15.9. The molecule has 3 amide bonds. The Balaban J connectivity index is 1.88. The molecule has 2 aliphatic carbocycles. The van der Waals surface area contributed by atoms with Crippen LogP contribution in [0.3, 0.4) is 0 Å². The van der Waals surface area contributed by atoms with Crippen LogP contribution in [-0.2, 0) is 29.2 Å². The second kappa shape index (κ2) is 17.8. The number of rotatable bonds is 17. The fourth-order valence-corrected chi connectivity index (χ4v) is 8.19. The smallest absolute Gasteiger partial charge is 0.315 e. The average molecular weight is 703 g/mol. The van der Waals surface area contributed by atoms with Gasteiger partial charge in [0.1, 0.15) is 6.04 Å². The highest BCUT2D eigenvalue weighted by Gasteiger charge is 2.51. The summed E-state index contributed by atoms with van der Waals surface area (Å²) in [7, 11) is -2.03. The lowest BCUT2D eigenvalue weighted by Crippen LogP contribution is -2.60. The van der Waals surface area contributed by atoms with Gasteiger partial charge in [0.15, 0.2) is 11.6 Å². The fraction of sp³-hybridized carbons (Fsp3) is 0.757. The van der Waals surface area contributed by atoms with Crippen molar-refractivity contribution >= 4 is 39.3 Å². The minimum atomic E-state index is -3.49. The van der Waals surface area contributed by atoms with Gasteiger partial charge in [-0.3, -0.25) is 19.2 Å². The van der Waals surface area contributed by atoms with Crippen LogP contribution in [-0.4, -0.2) is 91.4 Å². The lowest BCUT2D eigenvalue weighted by Gasteiger charge is -2.37. The summed E-state index contributed by atoms with van der Waals surface area (Å²) < 4.78 is 25.5. The van der Waals surface area contributed by atoms with E-state index in [0.717, 1.165) is 57.6 Å². The number of amides is 3. The number of urea groups is 1. The number of nitrogens with zero attached hydrogens (tertiary/aromatic N) is 2. The van der Waals surface area contributed by atoms with Crippen LogP contribution in [0.25, 0.3) is 0 Å². The number of hydrogen-bond donors (Lipinski definition) is 2. The van der Waals surface area contributed by atoms with Crippen molar-refractivity contribution in [3.05, 3.63) is 12.7 Å². The minimum absolute atomic E-state index is 0.0270. The first-order valence-corrected chi connectivity index (χ1v) is 19.8. The molecule has 3 aliphatic rings. The Morgan fingerprint density at radius 1 is 1.04 bits per heavy atom. The number of ketones is 3. The normalized spacial score (nSPS) is 23.2. The summed E-state index contributed by atoms with van der Waals surface area (Å²) in [6, 6.07) is -2.74. The van der Waals surface area contributed by atoms with Crippen LogP contribution in [0.15, 0.2) is 12.7 Å². The van der Waals surface area contributed by atoms with Gasteiger partial charge in [0.25, 0.3) is 0 Å². The number of terminal acetylenes is 1. The highest BCUT2D eigenvalue weighted by atomic mass is 32.2. The number of fused-ring (bicyclic) bond motifs is 1. The number of Topliss-reactive ketones (excluding diaryl/α,β-unsaturated/α-hetero) is 3. The van der Waals surface area contributed by atoms with E-state index in [1.165, 1.54) is 11.4 Å². The number of carbonyl (C=O) groups is 5. The molecule has 3 rings (SSSR count). The molecule has 0 aromatic heterocycles. The number of carbonyl (C=O) groups excluding carboxylic acids is 5. The third-order valence-electron chi connectivity index (χ3n) is 10.8. The average Bonchev–Trinajstić information content (AvgIpc) is 3.64. The summed E-state index contributed by atoms with van der Waals surface area (Å²) in [6.45, 7) is 9.80. The number of sulfonamides is 1. The molecule has 12 heteroatoms. The van der Waals surface area contributed by atoms with E-state index in [9.17, 15) is 32.4 Å². The zero-order valence-electron chi connectivity index (χ0n) is 30.2. The second-order valence-electron chi connectivity index (χ2n) is 15.5. The molecule has 0 spiro atoms. The Morgan fingerprint density at radius 3 is 2.31 bits per heavy atom. The zero-order valence-corrected chi connectivity index (χ0v) is 31.0. The molecule has 11 nitrogen and oxygen atoms in total. The van der Waals surface area contributed by atoms with Gasteiger partial charge in [0, 0.05) is 51.4 Å². The van der Waals surface area contributed by atoms with E-state index in [0.29, 0.717) is 13.0 Å². The number of likely N-dealkylation sites (N-methyl/N-ethyl adjacent to an activating group) is 1. The number of hydrogen-bond acceptors (Lipinski definition) is 7. The van der Waals surface area contributed by atoms with Crippen LogP contribution >= 0.6 is 0 Å². The molecule has 1 aliphatic heterocycles. The Labute approximate surface area is 293 Å². The summed E-state index contributed by atoms with van der Waals surface area (Å²) in [4.78, 5) is 70.0. The first-order valence-electron chi connectivity index (χ1n) is 17.9. The molecule has 2 saturated carbocycles. The molecular formula is C37H58N4O7S. The third-order valence-corrected chi connectivity index (χ3v) is 12.1. The van der Waals surface area contributed by atoms with Gasteiger partial charge in [0.05, 0.1) is 12.3 Å². The van der Waals surface area contributed by atoms with Crippen LogP contribution in [0, 0.1) is 41.4 Å². The molecule has 1 heterocycles. The van der Waals surface area contributed by atoms with Gasteiger partial charge in [-0.2, -0.15) is 0 Å². The van der Waals surface area contributed by atoms with Crippen LogP contribution in [0.5, 0.6) is 0 Å². The van der Waals surface area contributed by atoms with E-state index >= 15 is 0 Å². The van der Waals surface area contributed by atoms with E-state index in [1.54, 1.807) is 11.0 Å². The van der Waals surface area contributed by atoms with Crippen molar-refractivity contribution in [1.82, 2.24) is 19.8 Å². The molecule has 274 valence electrons. The van der Waals surface area contributed by atoms with Gasteiger partial charge in [-0.1, -0.05) is 52.5 Å². The van der Waals surface area contributed by atoms with Crippen molar-refractivity contribution in [3.63, 3.8) is 0 Å². The first-order chi connectivity index (χ1) is 23.0. The third kappa shape index (κ3) is 11.0. The maximum atomic E-state index is 14.6. The number of nitrogens with one attached hydrogen (secondary N) is 2. The Kier molecular flexibility index (Phi) is 14.6. The summed E-state index contributed by atoms with van der Waals surface area (Å²) >= 11 is 0. The van der Waals surface area contributed by atoms with Crippen LogP contribution in [0.1, 0.15) is 104 Å². The van der Waals surface area contributed by atoms with E-state index in [2.05, 4.69) is 23.1 Å². The summed E-state index contributed by atoms with van der Waals surface area (Å²) in [5.74, 6) is -0.0446. The molecule has 0 aromatic rings. The molecule has 2 N–H and O–H groups in total. The van der Waals surface area contributed by atoms with Gasteiger partial charge < -0.3 is 15.5 Å². The lowest BCUT2D eigenvalue weighted by atomic mass is 9.82. The largest absolute Gasteiger partial charge is 0.334 e. The molecule has 3 fully saturated rings. The van der Waals surface area contributed by atoms with Crippen LogP contribution in [0.2, 0.25) is 0 Å². The van der Waals surface area contributed by atoms with E-state index in [-0.39, 0.29) is 61.7 Å². The topological polar surface area (TPSA) is 150 Å². The minimum Gasteiger partial charge on any atom is -0.334 e. The van der Waals surface area contributed by atoms with Gasteiger partial charge in [-0.25, -0.2) is 17.5 Å². The SMILES string of the molecule is C#CCCC(CC(=O)[C@@H]1[C@H]2CCC[C@H]2CN1C(=O)[C@@H](NC(=O)N[C@H](CN(C)S(C)(=O)=O)C(C)(C)C)C1CCCCC1)C(=O)C(=O)CCC=C. The Morgan fingerprint density at radius 2 is 1.71 bits per heavy atom. The maximum absolute atomic E-state index is 14.6. The monoisotopic (exact) mass is 702 g/mol. The van der Waals surface area contributed by atoms with Gasteiger partial charge in [-0.15, -0.1) is 18.9 Å². The van der Waals surface area contributed by atoms with E-state index in [4.69, 9.17) is 6.42 Å². The molecule has 1 saturated heterocycles. The maximum Gasteiger partial charge on any atom is 0.315 e. The van der Waals surface area contributed by atoms with Crippen molar-refractivity contribution in [2.75, 3.05) is 26.4 Å². The predicted octanol–water partition coefficient (Wildman–Crippen LogP) is 4.26. The lowest BCUT2D eigenvalue weighted by molar-refractivity contribution is -0.143. The molecule has 0 bridgehead atoms. The van der Waals surface area contributed by atoms with Gasteiger partial charge in [-0.05, 0) is 61.7 Å². The number of likely N-dealkylation sites (tertiary alicyclic amines) is 1. The second-order valence-corrected chi connectivity index (χ2v) is 17.6. The van der Waals surface area contributed by atoms with Gasteiger partial charge >= 0.3 is 6.03 Å². The standard InChI is InChI=1S/C37H58N4O7S/c1-8-10-16-26(34(44)29(42)21-11-9-2)22-30(43)33-28-20-15-19-27(28)23-41(33)35(45)32(25-17-13-12-14-18-25)39-36(46)38-31(37(3,4)5)24-40(6)49(7,47)48/h1,9,25-28,31-33H,2,10-24H2,3-7H3,(H2,38,39,46)/t26?,27-,28-,31+,32-,33-/m0/s1. The summed E-state index contributed by atoms with van der Waals surface area (Å²) in [5, 5.41) is 5.92. The molecule has 1 unspecified atom stereocenters. The summed E-state index contributed by atoms with van der Waals surface area (Å²) in [5.41, 5.74) is -0.495. The highest BCUT2D eigenvalue weighted by molar-refractivity contribution is 7.88. The molecular weight excluding hydrogens is 644 g/mol. The quantitative estimate of drug-likeness (QED) is 0.131. The Bertz CT molecular complexity index is 1380. The fourth-order valence-electron chi connectivity index (χ4n) is 7.77. The van der Waals surface area contributed by atoms with Gasteiger partial charge in [0.2, 0.25) is 21.7 Å². The van der Waals surface area contributed by atoms with Crippen molar-refractivity contribution in [1.29, 1.82) is 0 Å². The van der Waals surface area contributed by atoms with Crippen LogP contribution < -0.4 is 10.6 Å².